The van der Waals surface area contributed by atoms with Gasteiger partial charge in [0.05, 0.1) is 30.4 Å². The number of carbonyl (C=O) groups is 3. The number of amides is 3. The van der Waals surface area contributed by atoms with Crippen LogP contribution in [-0.2, 0) is 9.53 Å². The number of benzene rings is 1. The van der Waals surface area contributed by atoms with E-state index in [0.29, 0.717) is 0 Å². The number of hydrazine groups is 1. The summed E-state index contributed by atoms with van der Waals surface area (Å²) in [6.07, 6.45) is 1.04. The quantitative estimate of drug-likeness (QED) is 0.363. The zero-order chi connectivity index (χ0) is 21.6. The maximum atomic E-state index is 12.2. The third-order valence-electron chi connectivity index (χ3n) is 3.73. The highest BCUT2D eigenvalue weighted by atomic mass is 16.6. The lowest BCUT2D eigenvalue weighted by Gasteiger charge is -2.14. The van der Waals surface area contributed by atoms with E-state index in [1.807, 2.05) is 0 Å². The lowest BCUT2D eigenvalue weighted by Crippen LogP contribution is -2.46. The van der Waals surface area contributed by atoms with Crippen molar-refractivity contribution in [1.29, 1.82) is 0 Å². The molecule has 0 saturated carbocycles. The summed E-state index contributed by atoms with van der Waals surface area (Å²) in [7, 11) is 2.41. The number of nitro groups is 1. The lowest BCUT2D eigenvalue weighted by atomic mass is 10.2. The molecule has 2 aromatic rings. The van der Waals surface area contributed by atoms with Gasteiger partial charge in [-0.3, -0.25) is 20.3 Å². The highest BCUT2D eigenvalue weighted by Crippen LogP contribution is 2.25. The molecule has 2 rings (SSSR count). The second-order valence-corrected chi connectivity index (χ2v) is 5.54. The van der Waals surface area contributed by atoms with Gasteiger partial charge in [0.1, 0.15) is 12.2 Å². The molecule has 1 aromatic carbocycles. The third-order valence-corrected chi connectivity index (χ3v) is 3.73. The smallest absolute Gasteiger partial charge is 0.350 e. The Morgan fingerprint density at radius 2 is 1.90 bits per heavy atom. The average molecular weight is 406 g/mol. The summed E-state index contributed by atoms with van der Waals surface area (Å²) in [5, 5.41) is 17.2. The fourth-order valence-electron chi connectivity index (χ4n) is 2.21. The van der Waals surface area contributed by atoms with Crippen molar-refractivity contribution in [1.82, 2.24) is 20.6 Å². The van der Waals surface area contributed by atoms with E-state index in [0.717, 1.165) is 10.9 Å². The van der Waals surface area contributed by atoms with Crippen LogP contribution in [-0.4, -0.2) is 46.8 Å². The number of anilines is 1. The SMILES string of the molecule is COC(=O)c1ccccc1NC(=O)NNC(=O)[C@@H](C)n1cc([N+](=O)[O-])c(OC)n1. The Balaban J connectivity index is 2.00. The summed E-state index contributed by atoms with van der Waals surface area (Å²) in [6.45, 7) is 1.41. The van der Waals surface area contributed by atoms with Crippen LogP contribution in [0.4, 0.5) is 16.2 Å². The van der Waals surface area contributed by atoms with Gasteiger partial charge in [0, 0.05) is 0 Å². The number of hydrogen-bond acceptors (Lipinski definition) is 8. The predicted molar refractivity (Wildman–Crippen MR) is 98.2 cm³/mol. The summed E-state index contributed by atoms with van der Waals surface area (Å²) in [5.74, 6) is -1.60. The number of para-hydroxylation sites is 1. The molecule has 0 unspecified atom stereocenters. The first-order valence-electron chi connectivity index (χ1n) is 8.10. The molecule has 13 heteroatoms. The first kappa shape index (κ1) is 21.1. The Morgan fingerprint density at radius 3 is 2.48 bits per heavy atom. The molecule has 1 atom stereocenters. The van der Waals surface area contributed by atoms with Crippen molar-refractivity contribution in [2.24, 2.45) is 0 Å². The minimum absolute atomic E-state index is 0.126. The summed E-state index contributed by atoms with van der Waals surface area (Å²) in [6, 6.07) is 4.30. The molecule has 1 aromatic heterocycles. The highest BCUT2D eigenvalue weighted by Gasteiger charge is 2.25. The second-order valence-electron chi connectivity index (χ2n) is 5.54. The lowest BCUT2D eigenvalue weighted by molar-refractivity contribution is -0.385. The van der Waals surface area contributed by atoms with E-state index in [2.05, 4.69) is 26.0 Å². The molecule has 0 spiro atoms. The predicted octanol–water partition coefficient (Wildman–Crippen LogP) is 1.00. The van der Waals surface area contributed by atoms with Gasteiger partial charge in [-0.05, 0) is 19.1 Å². The van der Waals surface area contributed by atoms with Crippen LogP contribution in [0.15, 0.2) is 30.5 Å². The molecule has 13 nitrogen and oxygen atoms in total. The van der Waals surface area contributed by atoms with Gasteiger partial charge in [-0.1, -0.05) is 12.1 Å². The molecule has 0 aliphatic rings. The number of nitrogens with zero attached hydrogens (tertiary/aromatic N) is 3. The molecule has 0 saturated heterocycles. The summed E-state index contributed by atoms with van der Waals surface area (Å²) < 4.78 is 10.5. The minimum atomic E-state index is -1.000. The number of nitrogens with one attached hydrogen (secondary N) is 3. The van der Waals surface area contributed by atoms with Crippen LogP contribution >= 0.6 is 0 Å². The fourth-order valence-corrected chi connectivity index (χ4v) is 2.21. The number of carbonyl (C=O) groups excluding carboxylic acids is 3. The molecular formula is C16H18N6O7. The Bertz CT molecular complexity index is 942. The largest absolute Gasteiger partial charge is 0.475 e. The summed E-state index contributed by atoms with van der Waals surface area (Å²) >= 11 is 0. The van der Waals surface area contributed by atoms with E-state index >= 15 is 0 Å². The molecule has 0 bridgehead atoms. The standard InChI is InChI=1S/C16H18N6O7/c1-9(21-8-12(22(26)27)14(20-21)28-2)13(23)18-19-16(25)17-11-7-5-4-6-10(11)15(24)29-3/h4-9H,1-3H3,(H,18,23)(H2,17,19,25)/t9-/m1/s1. The van der Waals surface area contributed by atoms with Gasteiger partial charge < -0.3 is 14.8 Å². The normalized spacial score (nSPS) is 11.1. The fraction of sp³-hybridized carbons (Fsp3) is 0.250. The molecule has 0 radical (unpaired) electrons. The van der Waals surface area contributed by atoms with Gasteiger partial charge >= 0.3 is 23.6 Å². The van der Waals surface area contributed by atoms with Gasteiger partial charge in [-0.25, -0.2) is 19.7 Å². The molecule has 3 amide bonds. The molecule has 154 valence electrons. The van der Waals surface area contributed by atoms with E-state index < -0.39 is 34.6 Å². The maximum Gasteiger partial charge on any atom is 0.350 e. The van der Waals surface area contributed by atoms with E-state index in [4.69, 9.17) is 4.74 Å². The Labute approximate surface area is 164 Å². The van der Waals surface area contributed by atoms with Gasteiger partial charge in [0.25, 0.3) is 5.91 Å². The van der Waals surface area contributed by atoms with Crippen molar-refractivity contribution in [2.75, 3.05) is 19.5 Å². The first-order valence-corrected chi connectivity index (χ1v) is 8.10. The Kier molecular flexibility index (Phi) is 6.68. The summed E-state index contributed by atoms with van der Waals surface area (Å²) in [4.78, 5) is 46.2. The number of methoxy groups -OCH3 is 2. The van der Waals surface area contributed by atoms with Crippen LogP contribution in [0.1, 0.15) is 23.3 Å². The molecule has 29 heavy (non-hydrogen) atoms. The number of hydrogen-bond donors (Lipinski definition) is 3. The number of ether oxygens (including phenoxy) is 2. The first-order chi connectivity index (χ1) is 13.8. The molecule has 1 heterocycles. The van der Waals surface area contributed by atoms with Crippen molar-refractivity contribution < 1.29 is 28.8 Å². The van der Waals surface area contributed by atoms with E-state index in [9.17, 15) is 24.5 Å². The molecule has 0 aliphatic heterocycles. The van der Waals surface area contributed by atoms with Gasteiger partial charge in [-0.2, -0.15) is 0 Å². The Morgan fingerprint density at radius 1 is 1.21 bits per heavy atom. The number of rotatable bonds is 6. The van der Waals surface area contributed by atoms with Gasteiger partial charge in [-0.15, -0.1) is 5.10 Å². The van der Waals surface area contributed by atoms with E-state index in [1.54, 1.807) is 12.1 Å². The maximum absolute atomic E-state index is 12.2. The van der Waals surface area contributed by atoms with Gasteiger partial charge in [0.2, 0.25) is 0 Å². The third kappa shape index (κ3) is 4.97. The monoisotopic (exact) mass is 406 g/mol. The molecule has 0 fully saturated rings. The number of urea groups is 1. The van der Waals surface area contributed by atoms with Crippen molar-refractivity contribution in [2.45, 2.75) is 13.0 Å². The summed E-state index contributed by atoms with van der Waals surface area (Å²) in [5.41, 5.74) is 4.16. The minimum Gasteiger partial charge on any atom is -0.475 e. The van der Waals surface area contributed by atoms with E-state index in [-0.39, 0.29) is 17.1 Å². The van der Waals surface area contributed by atoms with Crippen molar-refractivity contribution >= 4 is 29.3 Å². The van der Waals surface area contributed by atoms with Crippen LogP contribution in [0, 0.1) is 10.1 Å². The zero-order valence-electron chi connectivity index (χ0n) is 15.7. The van der Waals surface area contributed by atoms with Crippen LogP contribution in [0.25, 0.3) is 0 Å². The average Bonchev–Trinajstić information content (AvgIpc) is 3.16. The number of esters is 1. The van der Waals surface area contributed by atoms with Crippen LogP contribution in [0.2, 0.25) is 0 Å². The second kappa shape index (κ2) is 9.16. The molecular weight excluding hydrogens is 388 g/mol. The number of aromatic nitrogens is 2. The van der Waals surface area contributed by atoms with Gasteiger partial charge in [0.15, 0.2) is 0 Å². The highest BCUT2D eigenvalue weighted by molar-refractivity contribution is 6.01. The Hall–Kier alpha value is -4.16. The van der Waals surface area contributed by atoms with Crippen LogP contribution in [0.5, 0.6) is 5.88 Å². The van der Waals surface area contributed by atoms with E-state index in [1.165, 1.54) is 33.3 Å². The van der Waals surface area contributed by atoms with Crippen LogP contribution < -0.4 is 20.9 Å². The zero-order valence-corrected chi connectivity index (χ0v) is 15.7. The van der Waals surface area contributed by atoms with Crippen molar-refractivity contribution in [3.8, 4) is 5.88 Å². The topological polar surface area (TPSA) is 167 Å². The van der Waals surface area contributed by atoms with Crippen LogP contribution in [0.3, 0.4) is 0 Å². The van der Waals surface area contributed by atoms with Crippen molar-refractivity contribution in [3.05, 3.63) is 46.1 Å². The van der Waals surface area contributed by atoms with Crippen molar-refractivity contribution in [3.63, 3.8) is 0 Å². The molecule has 0 aliphatic carbocycles. The molecule has 3 N–H and O–H groups in total.